The first-order valence-electron chi connectivity index (χ1n) is 7.13. The van der Waals surface area contributed by atoms with E-state index in [4.69, 9.17) is 9.90 Å². The van der Waals surface area contributed by atoms with E-state index in [9.17, 15) is 9.59 Å². The molecule has 0 unspecified atom stereocenters. The van der Waals surface area contributed by atoms with E-state index in [0.29, 0.717) is 11.2 Å². The Balaban J connectivity index is 0.000000433. The van der Waals surface area contributed by atoms with Gasteiger partial charge in [0.15, 0.2) is 11.2 Å². The van der Waals surface area contributed by atoms with E-state index in [1.54, 1.807) is 18.1 Å². The van der Waals surface area contributed by atoms with Gasteiger partial charge < -0.3 is 15.4 Å². The zero-order valence-electron chi connectivity index (χ0n) is 13.3. The molecule has 1 fully saturated rings. The van der Waals surface area contributed by atoms with E-state index in [-0.39, 0.29) is 11.2 Å². The van der Waals surface area contributed by atoms with Crippen LogP contribution in [0.2, 0.25) is 0 Å². The molecule has 0 aromatic carbocycles. The van der Waals surface area contributed by atoms with Crippen LogP contribution < -0.4 is 21.6 Å². The van der Waals surface area contributed by atoms with Gasteiger partial charge in [0.25, 0.3) is 11.5 Å². The molecule has 0 aliphatic carbocycles. The van der Waals surface area contributed by atoms with Gasteiger partial charge in [-0.05, 0) is 0 Å². The number of rotatable bonds is 1. The molecule has 1 aliphatic heterocycles. The van der Waals surface area contributed by atoms with Crippen molar-refractivity contribution in [2.24, 2.45) is 14.1 Å². The minimum absolute atomic E-state index is 0.311. The molecule has 0 atom stereocenters. The van der Waals surface area contributed by atoms with Crippen LogP contribution in [0.3, 0.4) is 0 Å². The molecular formula is C13H20N6O4. The van der Waals surface area contributed by atoms with Gasteiger partial charge in [0.05, 0.1) is 0 Å². The highest BCUT2D eigenvalue weighted by Gasteiger charge is 2.18. The average Bonchev–Trinajstić information content (AvgIpc) is 2.96. The lowest BCUT2D eigenvalue weighted by Crippen LogP contribution is -2.50. The number of imidazole rings is 1. The molecule has 1 aliphatic rings. The summed E-state index contributed by atoms with van der Waals surface area (Å²) in [6, 6.07) is 0. The van der Waals surface area contributed by atoms with Crippen molar-refractivity contribution in [3.63, 3.8) is 0 Å². The number of aryl methyl sites for hydroxylation is 1. The Hall–Kier alpha value is -2.62. The number of piperazine rings is 1. The summed E-state index contributed by atoms with van der Waals surface area (Å²) in [7, 11) is 3.11. The second-order valence-corrected chi connectivity index (χ2v) is 5.19. The topological polar surface area (TPSA) is 114 Å². The van der Waals surface area contributed by atoms with Gasteiger partial charge in [0.2, 0.25) is 0 Å². The second kappa shape index (κ2) is 6.65. The smallest absolute Gasteiger partial charge is 0.332 e. The van der Waals surface area contributed by atoms with Crippen LogP contribution in [0, 0.1) is 0 Å². The fourth-order valence-corrected chi connectivity index (χ4v) is 2.41. The third-order valence-corrected chi connectivity index (χ3v) is 3.53. The van der Waals surface area contributed by atoms with E-state index in [2.05, 4.69) is 15.3 Å². The third-order valence-electron chi connectivity index (χ3n) is 3.53. The van der Waals surface area contributed by atoms with Gasteiger partial charge >= 0.3 is 5.69 Å². The van der Waals surface area contributed by atoms with Gasteiger partial charge in [-0.1, -0.05) is 0 Å². The van der Waals surface area contributed by atoms with Crippen LogP contribution in [0.15, 0.2) is 15.9 Å². The monoisotopic (exact) mass is 324 g/mol. The number of nitrogens with zero attached hydrogens (tertiary/aromatic N) is 5. The highest BCUT2D eigenvalue weighted by molar-refractivity contribution is 5.70. The molecule has 10 nitrogen and oxygen atoms in total. The van der Waals surface area contributed by atoms with E-state index < -0.39 is 5.97 Å². The quantitative estimate of drug-likeness (QED) is 0.627. The molecular weight excluding hydrogens is 304 g/mol. The van der Waals surface area contributed by atoms with E-state index in [0.717, 1.165) is 37.7 Å². The summed E-state index contributed by atoms with van der Waals surface area (Å²) < 4.78 is 4.27. The van der Waals surface area contributed by atoms with Crippen LogP contribution in [0.4, 0.5) is 0 Å². The lowest BCUT2D eigenvalue weighted by Gasteiger charge is -2.30. The highest BCUT2D eigenvalue weighted by atomic mass is 16.4. The number of carbonyl (C=O) groups is 1. The van der Waals surface area contributed by atoms with Gasteiger partial charge in [-0.25, -0.2) is 14.5 Å². The molecule has 2 aromatic heterocycles. The number of nitrogens with one attached hydrogen (secondary N) is 1. The minimum atomic E-state index is -0.833. The second-order valence-electron chi connectivity index (χ2n) is 5.19. The van der Waals surface area contributed by atoms with Gasteiger partial charge in [-0.3, -0.25) is 18.7 Å². The van der Waals surface area contributed by atoms with E-state index >= 15 is 0 Å². The summed E-state index contributed by atoms with van der Waals surface area (Å²) in [5, 5.41) is 12.7. The van der Waals surface area contributed by atoms with Crippen molar-refractivity contribution in [1.82, 2.24) is 24.1 Å². The summed E-state index contributed by atoms with van der Waals surface area (Å²) in [4.78, 5) is 37.3. The van der Waals surface area contributed by atoms with Crippen LogP contribution in [-0.2, 0) is 18.9 Å². The first-order chi connectivity index (χ1) is 10.8. The van der Waals surface area contributed by atoms with Crippen molar-refractivity contribution < 1.29 is 9.90 Å². The number of carboxylic acids is 1. The fraction of sp³-hybridized carbons (Fsp3) is 0.538. The zero-order valence-corrected chi connectivity index (χ0v) is 13.3. The molecule has 23 heavy (non-hydrogen) atoms. The maximum absolute atomic E-state index is 12.3. The van der Waals surface area contributed by atoms with Crippen molar-refractivity contribution in [3.05, 3.63) is 27.2 Å². The average molecular weight is 324 g/mol. The summed E-state index contributed by atoms with van der Waals surface area (Å²) >= 11 is 0. The lowest BCUT2D eigenvalue weighted by molar-refractivity contribution is -0.134. The molecule has 0 spiro atoms. The van der Waals surface area contributed by atoms with E-state index in [1.807, 2.05) is 0 Å². The SMILES string of the molecule is CC(=O)O.Cn1c(=O)c2c(ncn2N2CCNCC2)n(C)c1=O. The summed E-state index contributed by atoms with van der Waals surface area (Å²) in [5.74, 6) is -0.833. The van der Waals surface area contributed by atoms with Crippen molar-refractivity contribution in [2.75, 3.05) is 31.2 Å². The molecule has 126 valence electrons. The lowest BCUT2D eigenvalue weighted by atomic mass is 10.4. The highest BCUT2D eigenvalue weighted by Crippen LogP contribution is 2.06. The number of hydrogen-bond acceptors (Lipinski definition) is 6. The maximum atomic E-state index is 12.3. The summed E-state index contributed by atoms with van der Waals surface area (Å²) in [5.41, 5.74) is 0.204. The van der Waals surface area contributed by atoms with Crippen molar-refractivity contribution in [3.8, 4) is 0 Å². The molecule has 0 bridgehead atoms. The normalized spacial score (nSPS) is 14.5. The van der Waals surface area contributed by atoms with Gasteiger partial charge in [-0.15, -0.1) is 0 Å². The van der Waals surface area contributed by atoms with Crippen molar-refractivity contribution >= 4 is 17.1 Å². The van der Waals surface area contributed by atoms with Gasteiger partial charge in [0.1, 0.15) is 6.33 Å². The number of hydrogen-bond donors (Lipinski definition) is 2. The molecule has 2 N–H and O–H groups in total. The summed E-state index contributed by atoms with van der Waals surface area (Å²) in [6.07, 6.45) is 1.61. The van der Waals surface area contributed by atoms with Crippen molar-refractivity contribution in [2.45, 2.75) is 6.92 Å². The van der Waals surface area contributed by atoms with Crippen LogP contribution in [0.1, 0.15) is 6.92 Å². The Kier molecular flexibility index (Phi) is 4.84. The predicted octanol–water partition coefficient (Wildman–Crippen LogP) is -1.93. The third kappa shape index (κ3) is 3.26. The molecule has 3 heterocycles. The first kappa shape index (κ1) is 16.7. The van der Waals surface area contributed by atoms with Crippen LogP contribution in [0.25, 0.3) is 11.2 Å². The number of carboxylic acid groups (broad SMARTS) is 1. The molecule has 0 radical (unpaired) electrons. The number of fused-ring (bicyclic) bond motifs is 1. The Labute approximate surface area is 131 Å². The maximum Gasteiger partial charge on any atom is 0.332 e. The standard InChI is InChI=1S/C11H16N6O2.C2H4O2/c1-14-9-8(10(18)15(2)11(14)19)17(7-13-9)16-5-3-12-4-6-16;1-2(3)4/h7,12H,3-6H2,1-2H3;1H3,(H,3,4). The molecule has 10 heteroatoms. The Morgan fingerprint density at radius 1 is 1.22 bits per heavy atom. The summed E-state index contributed by atoms with van der Waals surface area (Å²) in [6.45, 7) is 4.42. The zero-order chi connectivity index (χ0) is 17.1. The van der Waals surface area contributed by atoms with Gasteiger partial charge in [0, 0.05) is 47.2 Å². The van der Waals surface area contributed by atoms with Crippen LogP contribution in [-0.4, -0.2) is 56.0 Å². The van der Waals surface area contributed by atoms with Crippen LogP contribution in [0.5, 0.6) is 0 Å². The minimum Gasteiger partial charge on any atom is -0.481 e. The molecule has 1 saturated heterocycles. The number of aromatic nitrogens is 4. The molecule has 0 saturated carbocycles. The van der Waals surface area contributed by atoms with Gasteiger partial charge in [-0.2, -0.15) is 0 Å². The largest absolute Gasteiger partial charge is 0.481 e. The van der Waals surface area contributed by atoms with Crippen LogP contribution >= 0.6 is 0 Å². The Morgan fingerprint density at radius 3 is 2.35 bits per heavy atom. The number of aliphatic carboxylic acids is 1. The first-order valence-corrected chi connectivity index (χ1v) is 7.13. The Bertz CT molecular complexity index is 823. The molecule has 3 rings (SSSR count). The van der Waals surface area contributed by atoms with Crippen molar-refractivity contribution in [1.29, 1.82) is 0 Å². The Morgan fingerprint density at radius 2 is 1.78 bits per heavy atom. The fourth-order valence-electron chi connectivity index (χ4n) is 2.41. The molecule has 2 aromatic rings. The molecule has 0 amide bonds. The van der Waals surface area contributed by atoms with E-state index in [1.165, 1.54) is 11.6 Å². The predicted molar refractivity (Wildman–Crippen MR) is 84.3 cm³/mol.